The van der Waals surface area contributed by atoms with E-state index in [-0.39, 0.29) is 24.9 Å². The number of carbonyl (C=O) groups is 1. The Hall–Kier alpha value is -4.17. The number of hydrogen-bond acceptors (Lipinski definition) is 7. The topological polar surface area (TPSA) is 156 Å². The van der Waals surface area contributed by atoms with Crippen LogP contribution in [0.15, 0.2) is 53.7 Å². The van der Waals surface area contributed by atoms with Gasteiger partial charge in [-0.1, -0.05) is 24.3 Å². The van der Waals surface area contributed by atoms with E-state index >= 15 is 0 Å². The predicted molar refractivity (Wildman–Crippen MR) is 133 cm³/mol. The molecule has 1 fully saturated rings. The molecule has 2 aromatic carbocycles. The number of nitrogen functional groups attached to an aromatic ring is 1. The number of rotatable bonds is 6. The Labute approximate surface area is 216 Å². The van der Waals surface area contributed by atoms with Gasteiger partial charge in [-0.2, -0.15) is 5.10 Å². The van der Waals surface area contributed by atoms with Gasteiger partial charge < -0.3 is 15.7 Å². The minimum absolute atomic E-state index is 0.117. The third-order valence-electron chi connectivity index (χ3n) is 6.37. The summed E-state index contributed by atoms with van der Waals surface area (Å²) >= 11 is 0. The smallest absolute Gasteiger partial charge is 0.407 e. The van der Waals surface area contributed by atoms with Crippen LogP contribution >= 0.6 is 0 Å². The number of nitrogens with zero attached hydrogens (tertiary/aromatic N) is 5. The summed E-state index contributed by atoms with van der Waals surface area (Å²) in [6, 6.07) is 8.67. The van der Waals surface area contributed by atoms with Crippen molar-refractivity contribution in [3.8, 4) is 11.3 Å². The SMILES string of the molecule is Nc1ncnc2c1c(-c1ccc(CNS(=O)(=O)c3cc(F)cc(F)c3)cc1)nn2[C@@H]1CCCN(C(=O)O)C1. The van der Waals surface area contributed by atoms with Gasteiger partial charge in [0.1, 0.15) is 29.5 Å². The van der Waals surface area contributed by atoms with E-state index in [1.54, 1.807) is 28.9 Å². The van der Waals surface area contributed by atoms with Gasteiger partial charge >= 0.3 is 6.09 Å². The van der Waals surface area contributed by atoms with E-state index in [4.69, 9.17) is 10.8 Å². The lowest BCUT2D eigenvalue weighted by Gasteiger charge is -2.30. The van der Waals surface area contributed by atoms with Gasteiger partial charge in [-0.25, -0.2) is 41.4 Å². The van der Waals surface area contributed by atoms with Crippen molar-refractivity contribution in [3.63, 3.8) is 0 Å². The summed E-state index contributed by atoms with van der Waals surface area (Å²) < 4.78 is 55.9. The zero-order valence-electron chi connectivity index (χ0n) is 19.9. The van der Waals surface area contributed by atoms with Gasteiger partial charge in [-0.3, -0.25) is 0 Å². The highest BCUT2D eigenvalue weighted by atomic mass is 32.2. The maximum absolute atomic E-state index is 13.5. The molecule has 38 heavy (non-hydrogen) atoms. The van der Waals surface area contributed by atoms with Crippen LogP contribution in [0.2, 0.25) is 0 Å². The fourth-order valence-corrected chi connectivity index (χ4v) is 5.56. The Morgan fingerprint density at radius 3 is 2.53 bits per heavy atom. The number of likely N-dealkylation sites (tertiary alicyclic amines) is 1. The maximum atomic E-state index is 13.5. The highest BCUT2D eigenvalue weighted by Crippen LogP contribution is 2.33. The number of amides is 1. The molecular weight excluding hydrogens is 520 g/mol. The van der Waals surface area contributed by atoms with Crippen molar-refractivity contribution in [2.24, 2.45) is 0 Å². The highest BCUT2D eigenvalue weighted by Gasteiger charge is 2.28. The second-order valence-corrected chi connectivity index (χ2v) is 10.7. The lowest BCUT2D eigenvalue weighted by Crippen LogP contribution is -2.40. The standard InChI is InChI=1S/C24H23F2N7O4S/c25-16-8-17(26)10-19(9-16)38(36,37)30-11-14-3-5-15(6-4-14)21-20-22(27)28-13-29-23(20)33(31-21)18-2-1-7-32(12-18)24(34)35/h3-6,8-10,13,18,30H,1-2,7,11-12H2,(H,34,35)(H2,27,28,29)/t18-/m1/s1. The molecule has 0 saturated carbocycles. The van der Waals surface area contributed by atoms with Gasteiger partial charge in [-0.15, -0.1) is 0 Å². The minimum atomic E-state index is -4.14. The van der Waals surface area contributed by atoms with E-state index in [9.17, 15) is 27.1 Å². The van der Waals surface area contributed by atoms with Crippen LogP contribution in [0, 0.1) is 11.6 Å². The quantitative estimate of drug-likeness (QED) is 0.335. The first-order valence-electron chi connectivity index (χ1n) is 11.6. The number of sulfonamides is 1. The lowest BCUT2D eigenvalue weighted by molar-refractivity contribution is 0.120. The van der Waals surface area contributed by atoms with Crippen LogP contribution in [0.5, 0.6) is 0 Å². The molecule has 3 heterocycles. The monoisotopic (exact) mass is 543 g/mol. The van der Waals surface area contributed by atoms with Gasteiger partial charge in [0.05, 0.1) is 16.3 Å². The van der Waals surface area contributed by atoms with E-state index in [0.717, 1.165) is 18.6 Å². The molecule has 0 radical (unpaired) electrons. The summed E-state index contributed by atoms with van der Waals surface area (Å²) in [5.41, 5.74) is 8.43. The average Bonchev–Trinajstić information content (AvgIpc) is 3.28. The maximum Gasteiger partial charge on any atom is 0.407 e. The van der Waals surface area contributed by atoms with Crippen LogP contribution < -0.4 is 10.5 Å². The number of nitrogens with two attached hydrogens (primary N) is 1. The second kappa shape index (κ2) is 9.95. The molecule has 1 aliphatic rings. The van der Waals surface area contributed by atoms with Gasteiger partial charge in [0.25, 0.3) is 0 Å². The van der Waals surface area contributed by atoms with E-state index in [0.29, 0.717) is 46.9 Å². The van der Waals surface area contributed by atoms with Crippen LogP contribution in [0.4, 0.5) is 19.4 Å². The molecule has 0 bridgehead atoms. The highest BCUT2D eigenvalue weighted by molar-refractivity contribution is 7.89. The molecule has 1 saturated heterocycles. The molecule has 0 spiro atoms. The lowest BCUT2D eigenvalue weighted by atomic mass is 10.1. The molecule has 5 rings (SSSR count). The van der Waals surface area contributed by atoms with Crippen LogP contribution in [-0.4, -0.2) is 57.4 Å². The summed E-state index contributed by atoms with van der Waals surface area (Å²) in [5.74, 6) is -1.76. The predicted octanol–water partition coefficient (Wildman–Crippen LogP) is 3.15. The third-order valence-corrected chi connectivity index (χ3v) is 7.75. The third kappa shape index (κ3) is 4.99. The number of aromatic nitrogens is 4. The number of fused-ring (bicyclic) bond motifs is 1. The Bertz CT molecular complexity index is 1610. The first-order valence-corrected chi connectivity index (χ1v) is 13.1. The van der Waals surface area contributed by atoms with Gasteiger partial charge in [-0.05, 0) is 30.5 Å². The van der Waals surface area contributed by atoms with Crippen molar-refractivity contribution in [2.75, 3.05) is 18.8 Å². The molecule has 0 unspecified atom stereocenters. The first kappa shape index (κ1) is 25.5. The average molecular weight is 544 g/mol. The number of anilines is 1. The first-order chi connectivity index (χ1) is 18.1. The van der Waals surface area contributed by atoms with Crippen molar-refractivity contribution in [1.29, 1.82) is 0 Å². The Morgan fingerprint density at radius 1 is 1.13 bits per heavy atom. The molecule has 1 aliphatic heterocycles. The van der Waals surface area contributed by atoms with Crippen LogP contribution in [0.3, 0.4) is 0 Å². The van der Waals surface area contributed by atoms with E-state index in [1.807, 2.05) is 0 Å². The fraction of sp³-hybridized carbons (Fsp3) is 0.250. The zero-order valence-corrected chi connectivity index (χ0v) is 20.7. The van der Waals surface area contributed by atoms with Gasteiger partial charge in [0.15, 0.2) is 5.65 Å². The van der Waals surface area contributed by atoms with E-state index < -0.39 is 32.6 Å². The minimum Gasteiger partial charge on any atom is -0.465 e. The van der Waals surface area contributed by atoms with Crippen molar-refractivity contribution >= 4 is 33.0 Å². The summed E-state index contributed by atoms with van der Waals surface area (Å²) in [6.45, 7) is 0.604. The van der Waals surface area contributed by atoms with Crippen molar-refractivity contribution in [1.82, 2.24) is 29.4 Å². The number of halogens is 2. The second-order valence-electron chi connectivity index (χ2n) is 8.90. The van der Waals surface area contributed by atoms with Gasteiger partial charge in [0.2, 0.25) is 10.0 Å². The molecular formula is C24H23F2N7O4S. The van der Waals surface area contributed by atoms with Crippen LogP contribution in [-0.2, 0) is 16.6 Å². The number of benzene rings is 2. The molecule has 0 aliphatic carbocycles. The summed E-state index contributed by atoms with van der Waals surface area (Å²) in [5, 5.41) is 14.7. The van der Waals surface area contributed by atoms with Crippen molar-refractivity contribution in [3.05, 3.63) is 66.0 Å². The van der Waals surface area contributed by atoms with Crippen LogP contribution in [0.1, 0.15) is 24.4 Å². The summed E-state index contributed by atoms with van der Waals surface area (Å²) in [6.07, 6.45) is 1.74. The van der Waals surface area contributed by atoms with E-state index in [1.165, 1.54) is 11.2 Å². The largest absolute Gasteiger partial charge is 0.465 e. The van der Waals surface area contributed by atoms with Crippen LogP contribution in [0.25, 0.3) is 22.3 Å². The number of carboxylic acid groups (broad SMARTS) is 1. The molecule has 2 aromatic heterocycles. The molecule has 4 N–H and O–H groups in total. The molecule has 11 nitrogen and oxygen atoms in total. The molecule has 1 atom stereocenters. The normalized spacial score (nSPS) is 16.2. The van der Waals surface area contributed by atoms with Crippen molar-refractivity contribution in [2.45, 2.75) is 30.3 Å². The Kier molecular flexibility index (Phi) is 6.67. The summed E-state index contributed by atoms with van der Waals surface area (Å²) in [7, 11) is -4.14. The number of piperidine rings is 1. The number of hydrogen-bond donors (Lipinski definition) is 3. The summed E-state index contributed by atoms with van der Waals surface area (Å²) in [4.78, 5) is 20.8. The molecule has 4 aromatic rings. The zero-order chi connectivity index (χ0) is 27.0. The molecule has 198 valence electrons. The Morgan fingerprint density at radius 2 is 1.84 bits per heavy atom. The molecule has 1 amide bonds. The fourth-order valence-electron chi connectivity index (χ4n) is 4.51. The van der Waals surface area contributed by atoms with E-state index in [2.05, 4.69) is 14.7 Å². The Balaban J connectivity index is 1.41. The van der Waals surface area contributed by atoms with Gasteiger partial charge in [0, 0.05) is 31.3 Å². The number of nitrogens with one attached hydrogen (secondary N) is 1. The molecule has 14 heteroatoms. The van der Waals surface area contributed by atoms with Crippen molar-refractivity contribution < 1.29 is 27.1 Å².